The third-order valence-electron chi connectivity index (χ3n) is 3.70. The molecule has 0 radical (unpaired) electrons. The normalized spacial score (nSPS) is 15.0. The van der Waals surface area contributed by atoms with E-state index in [0.29, 0.717) is 11.1 Å². The van der Waals surface area contributed by atoms with Crippen LogP contribution in [0.15, 0.2) is 18.2 Å². The van der Waals surface area contributed by atoms with Crippen molar-refractivity contribution in [3.05, 3.63) is 29.6 Å². The highest BCUT2D eigenvalue weighted by molar-refractivity contribution is 6.01. The summed E-state index contributed by atoms with van der Waals surface area (Å²) < 4.78 is 2.23. The Morgan fingerprint density at radius 3 is 2.89 bits per heavy atom. The van der Waals surface area contributed by atoms with Gasteiger partial charge in [-0.15, -0.1) is 0 Å². The van der Waals surface area contributed by atoms with Crippen LogP contribution in [0, 0.1) is 5.92 Å². The van der Waals surface area contributed by atoms with Crippen LogP contribution in [0.4, 0.5) is 0 Å². The number of rotatable bonds is 5. The number of benzene rings is 1. The Morgan fingerprint density at radius 2 is 2.26 bits per heavy atom. The fourth-order valence-corrected chi connectivity index (χ4v) is 2.54. The maximum Gasteiger partial charge on any atom is 0.337 e. The third kappa shape index (κ3) is 2.23. The Balaban J connectivity index is 2.15. The minimum absolute atomic E-state index is 0.310. The molecule has 0 unspecified atom stereocenters. The lowest BCUT2D eigenvalue weighted by Gasteiger charge is -2.07. The highest BCUT2D eigenvalue weighted by Gasteiger charge is 2.25. The molecule has 1 saturated carbocycles. The summed E-state index contributed by atoms with van der Waals surface area (Å²) in [4.78, 5) is 15.9. The molecule has 0 atom stereocenters. The number of hydrogen-bond acceptors (Lipinski definition) is 2. The van der Waals surface area contributed by atoms with Crippen molar-refractivity contribution >= 4 is 17.0 Å². The van der Waals surface area contributed by atoms with Gasteiger partial charge in [-0.1, -0.05) is 13.0 Å². The van der Waals surface area contributed by atoms with Gasteiger partial charge in [-0.05, 0) is 37.3 Å². The molecule has 1 aliphatic carbocycles. The van der Waals surface area contributed by atoms with Gasteiger partial charge in [-0.3, -0.25) is 0 Å². The molecule has 1 heterocycles. The van der Waals surface area contributed by atoms with E-state index in [1.54, 1.807) is 6.07 Å². The minimum Gasteiger partial charge on any atom is -0.478 e. The van der Waals surface area contributed by atoms with E-state index in [9.17, 15) is 9.90 Å². The average molecular weight is 258 g/mol. The summed E-state index contributed by atoms with van der Waals surface area (Å²) in [6, 6.07) is 5.43. The van der Waals surface area contributed by atoms with Crippen molar-refractivity contribution in [2.24, 2.45) is 5.92 Å². The number of nitrogens with zero attached hydrogens (tertiary/aromatic N) is 2. The smallest absolute Gasteiger partial charge is 0.337 e. The number of carbonyl (C=O) groups is 1. The van der Waals surface area contributed by atoms with Gasteiger partial charge in [-0.25, -0.2) is 9.78 Å². The van der Waals surface area contributed by atoms with E-state index >= 15 is 0 Å². The van der Waals surface area contributed by atoms with Crippen LogP contribution in [-0.2, 0) is 13.0 Å². The zero-order valence-corrected chi connectivity index (χ0v) is 11.1. The molecule has 19 heavy (non-hydrogen) atoms. The minimum atomic E-state index is -0.898. The Kier molecular flexibility index (Phi) is 3.01. The summed E-state index contributed by atoms with van der Waals surface area (Å²) in [5.41, 5.74) is 1.92. The lowest BCUT2D eigenvalue weighted by molar-refractivity contribution is 0.0699. The number of aromatic nitrogens is 2. The van der Waals surface area contributed by atoms with E-state index in [1.807, 2.05) is 12.1 Å². The van der Waals surface area contributed by atoms with Gasteiger partial charge in [-0.2, -0.15) is 0 Å². The highest BCUT2D eigenvalue weighted by atomic mass is 16.4. The topological polar surface area (TPSA) is 55.1 Å². The van der Waals surface area contributed by atoms with Crippen LogP contribution in [-0.4, -0.2) is 20.6 Å². The molecular formula is C15H18N2O2. The standard InChI is InChI=1S/C15H18N2O2/c1-2-4-13-16-14-11(15(18)19)5-3-6-12(14)17(13)9-10-7-8-10/h3,5-6,10H,2,4,7-9H2,1H3,(H,18,19). The molecule has 1 fully saturated rings. The summed E-state index contributed by atoms with van der Waals surface area (Å²) in [7, 11) is 0. The van der Waals surface area contributed by atoms with Crippen molar-refractivity contribution < 1.29 is 9.90 Å². The molecule has 0 saturated heterocycles. The number of hydrogen-bond donors (Lipinski definition) is 1. The first kappa shape index (κ1) is 12.2. The molecule has 0 bridgehead atoms. The first-order chi connectivity index (χ1) is 9.20. The number of aryl methyl sites for hydroxylation is 1. The summed E-state index contributed by atoms with van der Waals surface area (Å²) in [5, 5.41) is 9.26. The maximum atomic E-state index is 11.3. The quantitative estimate of drug-likeness (QED) is 0.896. The SMILES string of the molecule is CCCc1nc2c(C(=O)O)cccc2n1CC1CC1. The predicted octanol–water partition coefficient (Wildman–Crippen LogP) is 3.10. The second-order valence-corrected chi connectivity index (χ2v) is 5.31. The van der Waals surface area contributed by atoms with Crippen molar-refractivity contribution in [2.75, 3.05) is 0 Å². The summed E-state index contributed by atoms with van der Waals surface area (Å²) >= 11 is 0. The van der Waals surface area contributed by atoms with Crippen LogP contribution in [0.1, 0.15) is 42.4 Å². The van der Waals surface area contributed by atoms with Gasteiger partial charge in [0.25, 0.3) is 0 Å². The van der Waals surface area contributed by atoms with Crippen LogP contribution >= 0.6 is 0 Å². The lowest BCUT2D eigenvalue weighted by atomic mass is 10.2. The summed E-state index contributed by atoms with van der Waals surface area (Å²) in [5.74, 6) is 0.879. The Morgan fingerprint density at radius 1 is 1.47 bits per heavy atom. The molecular weight excluding hydrogens is 240 g/mol. The van der Waals surface area contributed by atoms with Crippen LogP contribution in [0.25, 0.3) is 11.0 Å². The van der Waals surface area contributed by atoms with Crippen LogP contribution in [0.2, 0.25) is 0 Å². The zero-order chi connectivity index (χ0) is 13.4. The Hall–Kier alpha value is -1.84. The van der Waals surface area contributed by atoms with Crippen molar-refractivity contribution in [1.29, 1.82) is 0 Å². The van der Waals surface area contributed by atoms with E-state index in [1.165, 1.54) is 12.8 Å². The number of fused-ring (bicyclic) bond motifs is 1. The zero-order valence-electron chi connectivity index (χ0n) is 11.1. The first-order valence-corrected chi connectivity index (χ1v) is 6.92. The molecule has 0 amide bonds. The molecule has 2 aromatic rings. The molecule has 1 aliphatic rings. The first-order valence-electron chi connectivity index (χ1n) is 6.92. The Bertz CT molecular complexity index is 626. The van der Waals surface area contributed by atoms with Crippen LogP contribution in [0.3, 0.4) is 0 Å². The second kappa shape index (κ2) is 4.68. The van der Waals surface area contributed by atoms with E-state index in [4.69, 9.17) is 0 Å². The second-order valence-electron chi connectivity index (χ2n) is 5.31. The molecule has 0 aliphatic heterocycles. The molecule has 4 nitrogen and oxygen atoms in total. The van der Waals surface area contributed by atoms with Gasteiger partial charge in [0.05, 0.1) is 11.1 Å². The molecule has 100 valence electrons. The van der Waals surface area contributed by atoms with Gasteiger partial charge < -0.3 is 9.67 Å². The largest absolute Gasteiger partial charge is 0.478 e. The maximum absolute atomic E-state index is 11.3. The number of imidazole rings is 1. The molecule has 1 N–H and O–H groups in total. The fourth-order valence-electron chi connectivity index (χ4n) is 2.54. The molecule has 3 rings (SSSR count). The number of para-hydroxylation sites is 1. The van der Waals surface area contributed by atoms with Crippen molar-refractivity contribution in [3.8, 4) is 0 Å². The van der Waals surface area contributed by atoms with Crippen molar-refractivity contribution in [2.45, 2.75) is 39.2 Å². The van der Waals surface area contributed by atoms with Crippen molar-refractivity contribution in [1.82, 2.24) is 9.55 Å². The van der Waals surface area contributed by atoms with Gasteiger partial charge in [0.1, 0.15) is 11.3 Å². The van der Waals surface area contributed by atoms with E-state index in [-0.39, 0.29) is 0 Å². The van der Waals surface area contributed by atoms with Crippen LogP contribution < -0.4 is 0 Å². The van der Waals surface area contributed by atoms with Crippen LogP contribution in [0.5, 0.6) is 0 Å². The van der Waals surface area contributed by atoms with Gasteiger partial charge >= 0.3 is 5.97 Å². The number of carboxylic acids is 1. The molecule has 4 heteroatoms. The average Bonchev–Trinajstić information content (AvgIpc) is 3.13. The molecule has 0 spiro atoms. The third-order valence-corrected chi connectivity index (χ3v) is 3.70. The van der Waals surface area contributed by atoms with Gasteiger partial charge in [0, 0.05) is 13.0 Å². The van der Waals surface area contributed by atoms with Gasteiger partial charge in [0.2, 0.25) is 0 Å². The lowest BCUT2D eigenvalue weighted by Crippen LogP contribution is -2.05. The van der Waals surface area contributed by atoms with Gasteiger partial charge in [0.15, 0.2) is 0 Å². The molecule has 1 aromatic carbocycles. The number of aromatic carboxylic acids is 1. The predicted molar refractivity (Wildman–Crippen MR) is 73.4 cm³/mol. The highest BCUT2D eigenvalue weighted by Crippen LogP contribution is 2.33. The monoisotopic (exact) mass is 258 g/mol. The van der Waals surface area contributed by atoms with Crippen molar-refractivity contribution in [3.63, 3.8) is 0 Å². The molecule has 1 aromatic heterocycles. The van der Waals surface area contributed by atoms with E-state index < -0.39 is 5.97 Å². The van der Waals surface area contributed by atoms with E-state index in [0.717, 1.165) is 36.6 Å². The summed E-state index contributed by atoms with van der Waals surface area (Å²) in [6.45, 7) is 3.10. The Labute approximate surface area is 112 Å². The number of carboxylic acid groups (broad SMARTS) is 1. The van der Waals surface area contributed by atoms with E-state index in [2.05, 4.69) is 16.5 Å². The summed E-state index contributed by atoms with van der Waals surface area (Å²) in [6.07, 6.45) is 4.49. The fraction of sp³-hybridized carbons (Fsp3) is 0.467.